The number of carbonyl (C=O) groups is 1. The zero-order valence-corrected chi connectivity index (χ0v) is 18.0. The maximum atomic E-state index is 12.8. The first-order valence-electron chi connectivity index (χ1n) is 9.18. The largest absolute Gasteiger partial charge is 0.416 e. The van der Waals surface area contributed by atoms with Gasteiger partial charge < -0.3 is 10.6 Å². The van der Waals surface area contributed by atoms with Gasteiger partial charge in [0.2, 0.25) is 0 Å². The number of hydrogen-bond acceptors (Lipinski definition) is 5. The fraction of sp³-hybridized carbons (Fsp3) is 0.333. The van der Waals surface area contributed by atoms with Crippen LogP contribution in [0.2, 0.25) is 0 Å². The smallest absolute Gasteiger partial charge is 0.384 e. The molecular formula is C21H23F3N2O4S. The first kappa shape index (κ1) is 24.4. The van der Waals surface area contributed by atoms with Crippen LogP contribution in [-0.4, -0.2) is 26.0 Å². The molecule has 0 aromatic heterocycles. The van der Waals surface area contributed by atoms with Gasteiger partial charge >= 0.3 is 12.1 Å². The fourth-order valence-electron chi connectivity index (χ4n) is 2.65. The molecule has 0 atom stereocenters. The average molecular weight is 456 g/mol. The molecule has 31 heavy (non-hydrogen) atoms. The van der Waals surface area contributed by atoms with Gasteiger partial charge in [-0.2, -0.15) is 13.2 Å². The molecule has 2 aromatic rings. The molecule has 0 saturated heterocycles. The molecule has 6 nitrogen and oxygen atoms in total. The molecule has 0 unspecified atom stereocenters. The van der Waals surface area contributed by atoms with Crippen molar-refractivity contribution >= 4 is 21.6 Å². The van der Waals surface area contributed by atoms with E-state index >= 15 is 0 Å². The summed E-state index contributed by atoms with van der Waals surface area (Å²) >= 11 is 0. The fourth-order valence-corrected chi connectivity index (χ4v) is 3.95. The number of rotatable bonds is 6. The minimum Gasteiger partial charge on any atom is -0.384 e. The van der Waals surface area contributed by atoms with Crippen LogP contribution in [-0.2, 0) is 32.0 Å². The third-order valence-electron chi connectivity index (χ3n) is 4.24. The van der Waals surface area contributed by atoms with E-state index in [4.69, 9.17) is 5.73 Å². The molecule has 2 rings (SSSR count). The number of halogens is 3. The normalized spacial score (nSPS) is 13.2. The van der Waals surface area contributed by atoms with Gasteiger partial charge in [0, 0.05) is 0 Å². The van der Waals surface area contributed by atoms with Gasteiger partial charge in [-0.15, -0.1) is 0 Å². The number of nitrogens with two attached hydrogens (primary N) is 1. The summed E-state index contributed by atoms with van der Waals surface area (Å²) < 4.78 is 62.8. The molecule has 2 N–H and O–H groups in total. The lowest BCUT2D eigenvalue weighted by Crippen LogP contribution is -2.25. The first-order chi connectivity index (χ1) is 14.2. The Kier molecular flexibility index (Phi) is 7.15. The number of sulfone groups is 1. The van der Waals surface area contributed by atoms with Gasteiger partial charge in [-0.05, 0) is 34.7 Å². The number of nitrogens with zero attached hydrogens (tertiary/aromatic N) is 1. The van der Waals surface area contributed by atoms with Crippen molar-refractivity contribution in [3.05, 3.63) is 70.8 Å². The van der Waals surface area contributed by atoms with Crippen LogP contribution < -0.4 is 5.73 Å². The second-order valence-electron chi connectivity index (χ2n) is 8.02. The zero-order valence-electron chi connectivity index (χ0n) is 17.2. The van der Waals surface area contributed by atoms with Gasteiger partial charge in [0.15, 0.2) is 15.7 Å². The Labute approximate surface area is 178 Å². The van der Waals surface area contributed by atoms with E-state index in [0.717, 1.165) is 23.8 Å². The van der Waals surface area contributed by atoms with Crippen LogP contribution in [0.5, 0.6) is 0 Å². The van der Waals surface area contributed by atoms with Crippen LogP contribution in [0.4, 0.5) is 13.2 Å². The third kappa shape index (κ3) is 7.39. The van der Waals surface area contributed by atoms with E-state index in [9.17, 15) is 26.4 Å². The average Bonchev–Trinajstić information content (AvgIpc) is 2.64. The summed E-state index contributed by atoms with van der Waals surface area (Å²) in [7, 11) is -3.95. The molecule has 168 valence electrons. The Balaban J connectivity index is 2.01. The van der Waals surface area contributed by atoms with E-state index in [0.29, 0.717) is 0 Å². The summed E-state index contributed by atoms with van der Waals surface area (Å²) in [6.45, 7) is 6.06. The molecule has 0 spiro atoms. The maximum Gasteiger partial charge on any atom is 0.416 e. The Hall–Kier alpha value is -2.88. The summed E-state index contributed by atoms with van der Waals surface area (Å²) in [6, 6.07) is 10.6. The van der Waals surface area contributed by atoms with Crippen molar-refractivity contribution in [2.24, 2.45) is 10.9 Å². The van der Waals surface area contributed by atoms with Crippen molar-refractivity contribution in [2.45, 2.75) is 38.1 Å². The SMILES string of the molecule is CC(C)(C)c1ccc(C(=O)O/N=C(/N)CS(=O)(=O)Cc2cccc(C(F)(F)F)c2)cc1. The summed E-state index contributed by atoms with van der Waals surface area (Å²) in [5.74, 6) is -2.76. The predicted molar refractivity (Wildman–Crippen MR) is 111 cm³/mol. The Bertz CT molecular complexity index is 1070. The quantitative estimate of drug-likeness (QED) is 0.306. The van der Waals surface area contributed by atoms with Crippen LogP contribution in [0.25, 0.3) is 0 Å². The number of hydrogen-bond donors (Lipinski definition) is 1. The molecule has 0 aliphatic rings. The summed E-state index contributed by atoms with van der Waals surface area (Å²) in [5, 5.41) is 3.34. The van der Waals surface area contributed by atoms with Crippen molar-refractivity contribution < 1.29 is 31.2 Å². The molecule has 0 amide bonds. The second-order valence-corrected chi connectivity index (χ2v) is 10.1. The number of oxime groups is 1. The summed E-state index contributed by atoms with van der Waals surface area (Å²) in [5.41, 5.74) is 5.65. The molecule has 0 aliphatic carbocycles. The molecule has 0 aliphatic heterocycles. The number of alkyl halides is 3. The second kappa shape index (κ2) is 9.09. The Morgan fingerprint density at radius 1 is 1.03 bits per heavy atom. The number of amidine groups is 1. The minimum atomic E-state index is -4.58. The highest BCUT2D eigenvalue weighted by Gasteiger charge is 2.30. The highest BCUT2D eigenvalue weighted by Crippen LogP contribution is 2.30. The van der Waals surface area contributed by atoms with Crippen LogP contribution in [0.3, 0.4) is 0 Å². The standard InChI is InChI=1S/C21H23F3N2O4S/c1-20(2,3)16-9-7-15(8-10-16)19(27)30-26-18(25)13-31(28,29)12-14-5-4-6-17(11-14)21(22,23)24/h4-11H,12-13H2,1-3H3,(H2,25,26). The monoisotopic (exact) mass is 456 g/mol. The van der Waals surface area contributed by atoms with Gasteiger partial charge in [-0.1, -0.05) is 56.3 Å². The van der Waals surface area contributed by atoms with Crippen molar-refractivity contribution in [3.63, 3.8) is 0 Å². The van der Waals surface area contributed by atoms with Crippen LogP contribution in [0, 0.1) is 0 Å². The molecular weight excluding hydrogens is 433 g/mol. The van der Waals surface area contributed by atoms with Gasteiger partial charge in [0.1, 0.15) is 5.75 Å². The summed E-state index contributed by atoms with van der Waals surface area (Å²) in [6.07, 6.45) is -4.58. The van der Waals surface area contributed by atoms with Gasteiger partial charge in [0.05, 0.1) is 16.9 Å². The zero-order chi connectivity index (χ0) is 23.4. The number of carbonyl (C=O) groups excluding carboxylic acids is 1. The van der Waals surface area contributed by atoms with Gasteiger partial charge in [-0.25, -0.2) is 13.2 Å². The van der Waals surface area contributed by atoms with Crippen molar-refractivity contribution in [3.8, 4) is 0 Å². The lowest BCUT2D eigenvalue weighted by atomic mass is 9.87. The molecule has 0 bridgehead atoms. The molecule has 0 saturated carbocycles. The van der Waals surface area contributed by atoms with Crippen LogP contribution >= 0.6 is 0 Å². The van der Waals surface area contributed by atoms with Crippen LogP contribution in [0.1, 0.15) is 47.8 Å². The Morgan fingerprint density at radius 3 is 2.19 bits per heavy atom. The first-order valence-corrected chi connectivity index (χ1v) is 11.0. The highest BCUT2D eigenvalue weighted by atomic mass is 32.2. The number of benzene rings is 2. The highest BCUT2D eigenvalue weighted by molar-refractivity contribution is 7.91. The van der Waals surface area contributed by atoms with E-state index < -0.39 is 44.9 Å². The van der Waals surface area contributed by atoms with E-state index in [1.807, 2.05) is 20.8 Å². The topological polar surface area (TPSA) is 98.8 Å². The Morgan fingerprint density at radius 2 is 1.65 bits per heavy atom. The minimum absolute atomic E-state index is 0.0430. The molecule has 10 heteroatoms. The van der Waals surface area contributed by atoms with Crippen molar-refractivity contribution in [2.75, 3.05) is 5.75 Å². The molecule has 0 fully saturated rings. The molecule has 0 heterocycles. The van der Waals surface area contributed by atoms with E-state index in [2.05, 4.69) is 9.99 Å². The van der Waals surface area contributed by atoms with Crippen LogP contribution in [0.15, 0.2) is 53.7 Å². The van der Waals surface area contributed by atoms with Crippen molar-refractivity contribution in [1.82, 2.24) is 0 Å². The third-order valence-corrected chi connectivity index (χ3v) is 5.75. The van der Waals surface area contributed by atoms with E-state index in [-0.39, 0.29) is 16.5 Å². The lowest BCUT2D eigenvalue weighted by molar-refractivity contribution is -0.137. The summed E-state index contributed by atoms with van der Waals surface area (Å²) in [4.78, 5) is 16.7. The van der Waals surface area contributed by atoms with E-state index in [1.54, 1.807) is 24.3 Å². The molecule has 2 aromatic carbocycles. The predicted octanol–water partition coefficient (Wildman–Crippen LogP) is 4.05. The molecule has 0 radical (unpaired) electrons. The van der Waals surface area contributed by atoms with Gasteiger partial charge in [0.25, 0.3) is 0 Å². The van der Waals surface area contributed by atoms with E-state index in [1.165, 1.54) is 6.07 Å². The van der Waals surface area contributed by atoms with Crippen molar-refractivity contribution in [1.29, 1.82) is 0 Å². The lowest BCUT2D eigenvalue weighted by Gasteiger charge is -2.18. The van der Waals surface area contributed by atoms with Gasteiger partial charge in [-0.3, -0.25) is 0 Å². The maximum absolute atomic E-state index is 12.8.